The first kappa shape index (κ1) is 14.1. The molecule has 0 bridgehead atoms. The molecule has 19 heavy (non-hydrogen) atoms. The SMILES string of the molecule is CCC1CCNC(C(=O)NCc2ccccc2C)C1. The van der Waals surface area contributed by atoms with Crippen molar-refractivity contribution >= 4 is 5.91 Å². The van der Waals surface area contributed by atoms with Crippen molar-refractivity contribution in [3.8, 4) is 0 Å². The highest BCUT2D eigenvalue weighted by atomic mass is 16.2. The number of carbonyl (C=O) groups excluding carboxylic acids is 1. The third-order valence-corrected chi connectivity index (χ3v) is 4.12. The van der Waals surface area contributed by atoms with Gasteiger partial charge in [-0.25, -0.2) is 0 Å². The van der Waals surface area contributed by atoms with Gasteiger partial charge in [-0.05, 0) is 43.4 Å². The lowest BCUT2D eigenvalue weighted by molar-refractivity contribution is -0.124. The second-order valence-corrected chi connectivity index (χ2v) is 5.45. The molecule has 1 aliphatic rings. The van der Waals surface area contributed by atoms with Crippen LogP contribution in [0.5, 0.6) is 0 Å². The normalized spacial score (nSPS) is 23.1. The largest absolute Gasteiger partial charge is 0.351 e. The molecule has 2 atom stereocenters. The van der Waals surface area contributed by atoms with Crippen molar-refractivity contribution < 1.29 is 4.79 Å². The molecule has 0 radical (unpaired) electrons. The second-order valence-electron chi connectivity index (χ2n) is 5.45. The number of rotatable bonds is 4. The lowest BCUT2D eigenvalue weighted by atomic mass is 9.90. The third-order valence-electron chi connectivity index (χ3n) is 4.12. The van der Waals surface area contributed by atoms with Crippen LogP contribution in [0.1, 0.15) is 37.3 Å². The van der Waals surface area contributed by atoms with Crippen molar-refractivity contribution in [3.63, 3.8) is 0 Å². The van der Waals surface area contributed by atoms with E-state index in [1.54, 1.807) is 0 Å². The van der Waals surface area contributed by atoms with Gasteiger partial charge in [-0.1, -0.05) is 37.6 Å². The maximum atomic E-state index is 12.2. The summed E-state index contributed by atoms with van der Waals surface area (Å²) in [5.74, 6) is 0.830. The van der Waals surface area contributed by atoms with Gasteiger partial charge in [0.25, 0.3) is 0 Å². The van der Waals surface area contributed by atoms with Gasteiger partial charge in [0.2, 0.25) is 5.91 Å². The average Bonchev–Trinajstić information content (AvgIpc) is 2.46. The van der Waals surface area contributed by atoms with Crippen LogP contribution in [0.3, 0.4) is 0 Å². The number of carbonyl (C=O) groups is 1. The van der Waals surface area contributed by atoms with Crippen molar-refractivity contribution in [1.29, 1.82) is 0 Å². The van der Waals surface area contributed by atoms with Crippen LogP contribution in [-0.4, -0.2) is 18.5 Å². The fourth-order valence-electron chi connectivity index (χ4n) is 2.68. The molecule has 0 aliphatic carbocycles. The van der Waals surface area contributed by atoms with Crippen LogP contribution >= 0.6 is 0 Å². The molecule has 0 aromatic heterocycles. The summed E-state index contributed by atoms with van der Waals surface area (Å²) in [6.07, 6.45) is 3.33. The molecule has 2 unspecified atom stereocenters. The first-order valence-corrected chi connectivity index (χ1v) is 7.26. The Hall–Kier alpha value is -1.35. The maximum Gasteiger partial charge on any atom is 0.237 e. The standard InChI is InChI=1S/C16H24N2O/c1-3-13-8-9-17-15(10-13)16(19)18-11-14-7-5-4-6-12(14)2/h4-7,13,15,17H,3,8-11H2,1-2H3,(H,18,19). The summed E-state index contributed by atoms with van der Waals surface area (Å²) in [6.45, 7) is 5.87. The number of hydrogen-bond acceptors (Lipinski definition) is 2. The molecule has 2 rings (SSSR count). The van der Waals surface area contributed by atoms with Gasteiger partial charge in [0.05, 0.1) is 6.04 Å². The topological polar surface area (TPSA) is 41.1 Å². The van der Waals surface area contributed by atoms with E-state index in [1.807, 2.05) is 12.1 Å². The Kier molecular flexibility index (Phi) is 4.97. The maximum absolute atomic E-state index is 12.2. The minimum atomic E-state index is -0.0114. The summed E-state index contributed by atoms with van der Waals surface area (Å²) in [6, 6.07) is 8.17. The molecule has 1 saturated heterocycles. The summed E-state index contributed by atoms with van der Waals surface area (Å²) in [5, 5.41) is 6.37. The van der Waals surface area contributed by atoms with Gasteiger partial charge in [-0.15, -0.1) is 0 Å². The quantitative estimate of drug-likeness (QED) is 0.872. The van der Waals surface area contributed by atoms with Crippen LogP contribution in [-0.2, 0) is 11.3 Å². The molecular formula is C16H24N2O. The molecule has 3 nitrogen and oxygen atoms in total. The third kappa shape index (κ3) is 3.80. The Morgan fingerprint density at radius 3 is 2.95 bits per heavy atom. The molecule has 1 amide bonds. The molecule has 1 aromatic rings. The number of hydrogen-bond donors (Lipinski definition) is 2. The first-order valence-electron chi connectivity index (χ1n) is 7.26. The fourth-order valence-corrected chi connectivity index (χ4v) is 2.68. The zero-order valence-corrected chi connectivity index (χ0v) is 11.9. The molecule has 0 spiro atoms. The zero-order valence-electron chi connectivity index (χ0n) is 11.9. The van der Waals surface area contributed by atoms with Crippen LogP contribution in [0.15, 0.2) is 24.3 Å². The number of benzene rings is 1. The molecule has 1 heterocycles. The smallest absolute Gasteiger partial charge is 0.237 e. The van der Waals surface area contributed by atoms with E-state index in [-0.39, 0.29) is 11.9 Å². The molecule has 3 heteroatoms. The van der Waals surface area contributed by atoms with Crippen LogP contribution < -0.4 is 10.6 Å². The van der Waals surface area contributed by atoms with Gasteiger partial charge < -0.3 is 10.6 Å². The predicted molar refractivity (Wildman–Crippen MR) is 77.8 cm³/mol. The molecular weight excluding hydrogens is 236 g/mol. The Bertz CT molecular complexity index is 431. The number of aryl methyl sites for hydroxylation is 1. The van der Waals surface area contributed by atoms with Crippen LogP contribution in [0, 0.1) is 12.8 Å². The molecule has 1 fully saturated rings. The highest BCUT2D eigenvalue weighted by Crippen LogP contribution is 2.19. The summed E-state index contributed by atoms with van der Waals surface area (Å²) < 4.78 is 0. The van der Waals surface area contributed by atoms with Gasteiger partial charge in [-0.3, -0.25) is 4.79 Å². The van der Waals surface area contributed by atoms with Crippen molar-refractivity contribution in [2.45, 2.75) is 45.7 Å². The van der Waals surface area contributed by atoms with E-state index in [2.05, 4.69) is 36.6 Å². The minimum absolute atomic E-state index is 0.0114. The highest BCUT2D eigenvalue weighted by molar-refractivity contribution is 5.81. The van der Waals surface area contributed by atoms with E-state index < -0.39 is 0 Å². The molecule has 104 valence electrons. The molecule has 2 N–H and O–H groups in total. The lowest BCUT2D eigenvalue weighted by Gasteiger charge is -2.28. The van der Waals surface area contributed by atoms with Crippen LogP contribution in [0.25, 0.3) is 0 Å². The van der Waals surface area contributed by atoms with E-state index in [0.29, 0.717) is 12.5 Å². The van der Waals surface area contributed by atoms with Crippen LogP contribution in [0.4, 0.5) is 0 Å². The number of nitrogens with one attached hydrogen (secondary N) is 2. The van der Waals surface area contributed by atoms with E-state index >= 15 is 0 Å². The zero-order chi connectivity index (χ0) is 13.7. The highest BCUT2D eigenvalue weighted by Gasteiger charge is 2.25. The molecule has 1 aliphatic heterocycles. The molecule has 0 saturated carbocycles. The van der Waals surface area contributed by atoms with Crippen molar-refractivity contribution in [1.82, 2.24) is 10.6 Å². The monoisotopic (exact) mass is 260 g/mol. The average molecular weight is 260 g/mol. The van der Waals surface area contributed by atoms with Gasteiger partial charge >= 0.3 is 0 Å². The first-order chi connectivity index (χ1) is 9.20. The van der Waals surface area contributed by atoms with Gasteiger partial charge in [0.15, 0.2) is 0 Å². The van der Waals surface area contributed by atoms with E-state index in [0.717, 1.165) is 13.0 Å². The summed E-state index contributed by atoms with van der Waals surface area (Å²) >= 11 is 0. The summed E-state index contributed by atoms with van der Waals surface area (Å²) in [4.78, 5) is 12.2. The van der Waals surface area contributed by atoms with E-state index in [9.17, 15) is 4.79 Å². The van der Waals surface area contributed by atoms with Gasteiger partial charge in [-0.2, -0.15) is 0 Å². The molecule has 1 aromatic carbocycles. The Morgan fingerprint density at radius 2 is 2.21 bits per heavy atom. The van der Waals surface area contributed by atoms with Crippen molar-refractivity contribution in [2.75, 3.05) is 6.54 Å². The lowest BCUT2D eigenvalue weighted by Crippen LogP contribution is -2.48. The predicted octanol–water partition coefficient (Wildman–Crippen LogP) is 2.39. The van der Waals surface area contributed by atoms with Crippen molar-refractivity contribution in [3.05, 3.63) is 35.4 Å². The Labute approximate surface area is 115 Å². The van der Waals surface area contributed by atoms with Crippen LogP contribution in [0.2, 0.25) is 0 Å². The summed E-state index contributed by atoms with van der Waals surface area (Å²) in [5.41, 5.74) is 2.42. The Morgan fingerprint density at radius 1 is 1.42 bits per heavy atom. The van der Waals surface area contributed by atoms with E-state index in [4.69, 9.17) is 0 Å². The van der Waals surface area contributed by atoms with Crippen molar-refractivity contribution in [2.24, 2.45) is 5.92 Å². The number of amides is 1. The van der Waals surface area contributed by atoms with Gasteiger partial charge in [0.1, 0.15) is 0 Å². The van der Waals surface area contributed by atoms with Gasteiger partial charge in [0, 0.05) is 6.54 Å². The fraction of sp³-hybridized carbons (Fsp3) is 0.562. The second kappa shape index (κ2) is 6.71. The Balaban J connectivity index is 1.86. The number of piperidine rings is 1. The summed E-state index contributed by atoms with van der Waals surface area (Å²) in [7, 11) is 0. The van der Waals surface area contributed by atoms with E-state index in [1.165, 1.54) is 24.0 Å². The minimum Gasteiger partial charge on any atom is -0.351 e.